The van der Waals surface area contributed by atoms with Crippen molar-refractivity contribution in [1.82, 2.24) is 10.6 Å². The number of ether oxygens (including phenoxy) is 4. The SMILES string of the molecule is CCNC(=O)NC(=O)C(C)OC(=O)/C=C/c1cc(OC)c(OC)cc1OC. The second kappa shape index (κ2) is 10.7. The van der Waals surface area contributed by atoms with Gasteiger partial charge in [-0.2, -0.15) is 0 Å². The number of methoxy groups -OCH3 is 3. The van der Waals surface area contributed by atoms with Gasteiger partial charge in [-0.1, -0.05) is 0 Å². The zero-order valence-electron chi connectivity index (χ0n) is 16.0. The van der Waals surface area contributed by atoms with Crippen molar-refractivity contribution >= 4 is 24.0 Å². The monoisotopic (exact) mass is 380 g/mol. The lowest BCUT2D eigenvalue weighted by Gasteiger charge is -2.13. The van der Waals surface area contributed by atoms with Gasteiger partial charge >= 0.3 is 12.0 Å². The summed E-state index contributed by atoms with van der Waals surface area (Å²) in [6, 6.07) is 2.59. The summed E-state index contributed by atoms with van der Waals surface area (Å²) in [6.07, 6.45) is 1.45. The van der Waals surface area contributed by atoms with Crippen molar-refractivity contribution in [1.29, 1.82) is 0 Å². The summed E-state index contributed by atoms with van der Waals surface area (Å²) in [4.78, 5) is 35.0. The fourth-order valence-electron chi connectivity index (χ4n) is 2.03. The smallest absolute Gasteiger partial charge is 0.331 e. The molecule has 1 aromatic carbocycles. The van der Waals surface area contributed by atoms with Crippen molar-refractivity contribution in [2.45, 2.75) is 20.0 Å². The molecular weight excluding hydrogens is 356 g/mol. The van der Waals surface area contributed by atoms with Gasteiger partial charge in [-0.15, -0.1) is 0 Å². The van der Waals surface area contributed by atoms with Crippen LogP contribution in [0.3, 0.4) is 0 Å². The summed E-state index contributed by atoms with van der Waals surface area (Å²) >= 11 is 0. The Labute approximate surface area is 157 Å². The summed E-state index contributed by atoms with van der Waals surface area (Å²) < 4.78 is 20.6. The predicted octanol–water partition coefficient (Wildman–Crippen LogP) is 1.50. The van der Waals surface area contributed by atoms with Gasteiger partial charge in [0.1, 0.15) is 5.75 Å². The first kappa shape index (κ1) is 21.8. The van der Waals surface area contributed by atoms with Crippen LogP contribution in [0.1, 0.15) is 19.4 Å². The van der Waals surface area contributed by atoms with Crippen LogP contribution < -0.4 is 24.8 Å². The van der Waals surface area contributed by atoms with Gasteiger partial charge < -0.3 is 24.3 Å². The van der Waals surface area contributed by atoms with E-state index in [0.29, 0.717) is 29.4 Å². The van der Waals surface area contributed by atoms with Crippen LogP contribution in [0.2, 0.25) is 0 Å². The third-order valence-electron chi connectivity index (χ3n) is 3.37. The number of esters is 1. The number of imide groups is 1. The summed E-state index contributed by atoms with van der Waals surface area (Å²) in [7, 11) is 4.46. The van der Waals surface area contributed by atoms with Crippen LogP contribution in [0.4, 0.5) is 4.79 Å². The third-order valence-corrected chi connectivity index (χ3v) is 3.37. The molecule has 9 heteroatoms. The average Bonchev–Trinajstić information content (AvgIpc) is 2.65. The highest BCUT2D eigenvalue weighted by Gasteiger charge is 2.19. The fraction of sp³-hybridized carbons (Fsp3) is 0.389. The molecule has 148 valence electrons. The molecule has 0 aliphatic carbocycles. The number of rotatable bonds is 8. The zero-order valence-corrected chi connectivity index (χ0v) is 16.0. The lowest BCUT2D eigenvalue weighted by atomic mass is 10.1. The van der Waals surface area contributed by atoms with E-state index < -0.39 is 24.0 Å². The quantitative estimate of drug-likeness (QED) is 0.519. The minimum absolute atomic E-state index is 0.364. The molecule has 1 rings (SSSR count). The van der Waals surface area contributed by atoms with Crippen molar-refractivity contribution in [2.75, 3.05) is 27.9 Å². The molecule has 0 aliphatic rings. The molecule has 0 aliphatic heterocycles. The molecule has 2 N–H and O–H groups in total. The fourth-order valence-corrected chi connectivity index (χ4v) is 2.03. The largest absolute Gasteiger partial charge is 0.496 e. The minimum Gasteiger partial charge on any atom is -0.496 e. The summed E-state index contributed by atoms with van der Waals surface area (Å²) in [6.45, 7) is 3.43. The van der Waals surface area contributed by atoms with Gasteiger partial charge in [0.15, 0.2) is 17.6 Å². The minimum atomic E-state index is -1.14. The van der Waals surface area contributed by atoms with Crippen LogP contribution in [0.5, 0.6) is 17.2 Å². The molecular formula is C18H24N2O7. The Morgan fingerprint density at radius 1 is 1.04 bits per heavy atom. The van der Waals surface area contributed by atoms with Crippen LogP contribution >= 0.6 is 0 Å². The number of carbonyl (C=O) groups excluding carboxylic acids is 3. The Morgan fingerprint density at radius 3 is 2.19 bits per heavy atom. The van der Waals surface area contributed by atoms with Crippen molar-refractivity contribution in [2.24, 2.45) is 0 Å². The van der Waals surface area contributed by atoms with E-state index in [-0.39, 0.29) is 0 Å². The molecule has 0 fully saturated rings. The van der Waals surface area contributed by atoms with Gasteiger partial charge in [-0.25, -0.2) is 9.59 Å². The van der Waals surface area contributed by atoms with Gasteiger partial charge in [0, 0.05) is 24.3 Å². The average molecular weight is 380 g/mol. The Morgan fingerprint density at radius 2 is 1.63 bits per heavy atom. The molecule has 1 aromatic rings. The molecule has 0 spiro atoms. The van der Waals surface area contributed by atoms with Gasteiger partial charge in [0.25, 0.3) is 5.91 Å². The van der Waals surface area contributed by atoms with E-state index in [2.05, 4.69) is 10.6 Å². The van der Waals surface area contributed by atoms with E-state index in [9.17, 15) is 14.4 Å². The molecule has 27 heavy (non-hydrogen) atoms. The summed E-state index contributed by atoms with van der Waals surface area (Å²) in [5.74, 6) is -0.0961. The van der Waals surface area contributed by atoms with Crippen LogP contribution in [0.15, 0.2) is 18.2 Å². The second-order valence-corrected chi connectivity index (χ2v) is 5.21. The van der Waals surface area contributed by atoms with Crippen molar-refractivity contribution in [3.8, 4) is 17.2 Å². The molecule has 0 saturated carbocycles. The first-order chi connectivity index (χ1) is 12.9. The van der Waals surface area contributed by atoms with Gasteiger partial charge in [-0.05, 0) is 26.0 Å². The second-order valence-electron chi connectivity index (χ2n) is 5.21. The standard InChI is InChI=1S/C18H24N2O7/c1-6-19-18(23)20-17(22)11(2)27-16(21)8-7-12-9-14(25-4)15(26-5)10-13(12)24-3/h7-11H,6H2,1-5H3,(H2,19,20,22,23)/b8-7+. The molecule has 1 atom stereocenters. The van der Waals surface area contributed by atoms with Gasteiger partial charge in [0.05, 0.1) is 21.3 Å². The maximum absolute atomic E-state index is 11.9. The molecule has 0 aromatic heterocycles. The summed E-state index contributed by atoms with van der Waals surface area (Å²) in [5.41, 5.74) is 0.548. The molecule has 0 radical (unpaired) electrons. The Hall–Kier alpha value is -3.23. The Kier molecular flexibility index (Phi) is 8.64. The number of amides is 3. The lowest BCUT2D eigenvalue weighted by Crippen LogP contribution is -2.44. The zero-order chi connectivity index (χ0) is 20.4. The molecule has 0 saturated heterocycles. The number of carbonyl (C=O) groups is 3. The Bertz CT molecular complexity index is 716. The highest BCUT2D eigenvalue weighted by molar-refractivity contribution is 5.98. The topological polar surface area (TPSA) is 112 Å². The van der Waals surface area contributed by atoms with Crippen molar-refractivity contribution in [3.05, 3.63) is 23.8 Å². The third kappa shape index (κ3) is 6.53. The van der Waals surface area contributed by atoms with Gasteiger partial charge in [-0.3, -0.25) is 10.1 Å². The van der Waals surface area contributed by atoms with E-state index in [1.54, 1.807) is 19.1 Å². The molecule has 9 nitrogen and oxygen atoms in total. The Balaban J connectivity index is 2.80. The van der Waals surface area contributed by atoms with Crippen molar-refractivity contribution in [3.63, 3.8) is 0 Å². The van der Waals surface area contributed by atoms with E-state index in [1.807, 2.05) is 0 Å². The number of nitrogens with one attached hydrogen (secondary N) is 2. The van der Waals surface area contributed by atoms with E-state index in [0.717, 1.165) is 6.08 Å². The van der Waals surface area contributed by atoms with Gasteiger partial charge in [0.2, 0.25) is 0 Å². The van der Waals surface area contributed by atoms with Crippen LogP contribution in [-0.2, 0) is 14.3 Å². The maximum atomic E-state index is 11.9. The number of urea groups is 1. The maximum Gasteiger partial charge on any atom is 0.331 e. The highest BCUT2D eigenvalue weighted by Crippen LogP contribution is 2.35. The molecule has 0 bridgehead atoms. The van der Waals surface area contributed by atoms with E-state index in [1.165, 1.54) is 34.3 Å². The van der Waals surface area contributed by atoms with E-state index in [4.69, 9.17) is 18.9 Å². The highest BCUT2D eigenvalue weighted by atomic mass is 16.5. The van der Waals surface area contributed by atoms with Crippen LogP contribution in [-0.4, -0.2) is 51.9 Å². The number of benzene rings is 1. The summed E-state index contributed by atoms with van der Waals surface area (Å²) in [5, 5.41) is 4.47. The molecule has 1 unspecified atom stereocenters. The van der Waals surface area contributed by atoms with Crippen molar-refractivity contribution < 1.29 is 33.3 Å². The predicted molar refractivity (Wildman–Crippen MR) is 97.9 cm³/mol. The molecule has 3 amide bonds. The first-order valence-corrected chi connectivity index (χ1v) is 8.13. The normalized spacial score (nSPS) is 11.4. The van der Waals surface area contributed by atoms with Crippen LogP contribution in [0, 0.1) is 0 Å². The first-order valence-electron chi connectivity index (χ1n) is 8.13. The van der Waals surface area contributed by atoms with Crippen LogP contribution in [0.25, 0.3) is 6.08 Å². The number of hydrogen-bond acceptors (Lipinski definition) is 7. The van der Waals surface area contributed by atoms with E-state index >= 15 is 0 Å². The molecule has 0 heterocycles. The number of hydrogen-bond donors (Lipinski definition) is 2. The lowest BCUT2D eigenvalue weighted by molar-refractivity contribution is -0.149.